The van der Waals surface area contributed by atoms with Gasteiger partial charge in [-0.25, -0.2) is 8.78 Å². The van der Waals surface area contributed by atoms with Gasteiger partial charge in [0.2, 0.25) is 0 Å². The standard InChI is InChI=1S/C16H22F2N2/c1-3-12-9-19-6-4-5-13(19)10-20(12)16-8-14(17)11(2)7-15(16)18/h7-8,12-13H,3-6,9-10H2,1-2H3. The van der Waals surface area contributed by atoms with Crippen LogP contribution < -0.4 is 4.90 Å². The summed E-state index contributed by atoms with van der Waals surface area (Å²) in [6.07, 6.45) is 3.35. The number of fused-ring (bicyclic) bond motifs is 1. The van der Waals surface area contributed by atoms with E-state index in [1.807, 2.05) is 0 Å². The quantitative estimate of drug-likeness (QED) is 0.820. The highest BCUT2D eigenvalue weighted by molar-refractivity contribution is 5.51. The second kappa shape index (κ2) is 5.32. The molecule has 0 aromatic heterocycles. The zero-order valence-corrected chi connectivity index (χ0v) is 12.2. The molecule has 0 radical (unpaired) electrons. The van der Waals surface area contributed by atoms with Gasteiger partial charge in [-0.1, -0.05) is 6.92 Å². The normalized spacial score (nSPS) is 26.9. The van der Waals surface area contributed by atoms with Gasteiger partial charge in [-0.2, -0.15) is 0 Å². The Labute approximate surface area is 119 Å². The highest BCUT2D eigenvalue weighted by atomic mass is 19.1. The summed E-state index contributed by atoms with van der Waals surface area (Å²) in [6.45, 7) is 6.67. The molecule has 2 unspecified atom stereocenters. The maximum absolute atomic E-state index is 14.2. The largest absolute Gasteiger partial charge is 0.363 e. The first kappa shape index (κ1) is 13.8. The Morgan fingerprint density at radius 1 is 1.20 bits per heavy atom. The Morgan fingerprint density at radius 2 is 2.00 bits per heavy atom. The lowest BCUT2D eigenvalue weighted by Gasteiger charge is -2.45. The van der Waals surface area contributed by atoms with Gasteiger partial charge >= 0.3 is 0 Å². The molecule has 2 atom stereocenters. The van der Waals surface area contributed by atoms with E-state index in [4.69, 9.17) is 0 Å². The molecule has 0 spiro atoms. The molecule has 2 fully saturated rings. The summed E-state index contributed by atoms with van der Waals surface area (Å²) in [4.78, 5) is 4.59. The lowest BCUT2D eigenvalue weighted by Crippen LogP contribution is -2.56. The fourth-order valence-electron chi connectivity index (χ4n) is 3.59. The van der Waals surface area contributed by atoms with Crippen molar-refractivity contribution in [3.05, 3.63) is 29.3 Å². The van der Waals surface area contributed by atoms with Crippen molar-refractivity contribution in [3.63, 3.8) is 0 Å². The van der Waals surface area contributed by atoms with Crippen LogP contribution in [0.25, 0.3) is 0 Å². The van der Waals surface area contributed by atoms with E-state index in [1.165, 1.54) is 25.0 Å². The number of rotatable bonds is 2. The molecule has 2 saturated heterocycles. The first-order valence-corrected chi connectivity index (χ1v) is 7.56. The van der Waals surface area contributed by atoms with Gasteiger partial charge in [0.15, 0.2) is 0 Å². The van der Waals surface area contributed by atoms with Crippen LogP contribution in [-0.2, 0) is 0 Å². The van der Waals surface area contributed by atoms with Gasteiger partial charge in [0.25, 0.3) is 0 Å². The Kier molecular flexibility index (Phi) is 3.67. The van der Waals surface area contributed by atoms with E-state index in [2.05, 4.69) is 16.7 Å². The lowest BCUT2D eigenvalue weighted by atomic mass is 10.0. The van der Waals surface area contributed by atoms with Crippen molar-refractivity contribution in [2.45, 2.75) is 45.2 Å². The van der Waals surface area contributed by atoms with Crippen LogP contribution in [-0.4, -0.2) is 36.6 Å². The van der Waals surface area contributed by atoms with Crippen molar-refractivity contribution in [2.24, 2.45) is 0 Å². The van der Waals surface area contributed by atoms with E-state index >= 15 is 0 Å². The molecule has 0 bridgehead atoms. The highest BCUT2D eigenvalue weighted by Gasteiger charge is 2.36. The summed E-state index contributed by atoms with van der Waals surface area (Å²) in [7, 11) is 0. The van der Waals surface area contributed by atoms with E-state index in [9.17, 15) is 8.78 Å². The zero-order chi connectivity index (χ0) is 14.3. The number of anilines is 1. The highest BCUT2D eigenvalue weighted by Crippen LogP contribution is 2.32. The van der Waals surface area contributed by atoms with Gasteiger partial charge in [-0.3, -0.25) is 4.90 Å². The molecular formula is C16H22F2N2. The number of benzene rings is 1. The second-order valence-electron chi connectivity index (χ2n) is 6.06. The van der Waals surface area contributed by atoms with Crippen molar-refractivity contribution in [2.75, 3.05) is 24.5 Å². The zero-order valence-electron chi connectivity index (χ0n) is 12.2. The van der Waals surface area contributed by atoms with E-state index in [-0.39, 0.29) is 17.7 Å². The molecule has 1 aromatic rings. The molecule has 4 heteroatoms. The maximum atomic E-state index is 14.2. The molecule has 0 amide bonds. The fraction of sp³-hybridized carbons (Fsp3) is 0.625. The number of hydrogen-bond acceptors (Lipinski definition) is 2. The van der Waals surface area contributed by atoms with Crippen LogP contribution in [0.3, 0.4) is 0 Å². The Morgan fingerprint density at radius 3 is 2.75 bits per heavy atom. The summed E-state index contributed by atoms with van der Waals surface area (Å²) < 4.78 is 28.1. The summed E-state index contributed by atoms with van der Waals surface area (Å²) >= 11 is 0. The third kappa shape index (κ3) is 2.30. The van der Waals surface area contributed by atoms with Crippen molar-refractivity contribution >= 4 is 5.69 Å². The van der Waals surface area contributed by atoms with E-state index in [0.29, 0.717) is 17.3 Å². The van der Waals surface area contributed by atoms with Crippen molar-refractivity contribution in [3.8, 4) is 0 Å². The lowest BCUT2D eigenvalue weighted by molar-refractivity contribution is 0.194. The molecule has 0 aliphatic carbocycles. The molecule has 110 valence electrons. The van der Waals surface area contributed by atoms with Crippen LogP contribution in [0, 0.1) is 18.6 Å². The average molecular weight is 280 g/mol. The number of piperazine rings is 1. The average Bonchev–Trinajstić information content (AvgIpc) is 2.88. The molecule has 2 heterocycles. The van der Waals surface area contributed by atoms with Crippen LogP contribution in [0.15, 0.2) is 12.1 Å². The molecular weight excluding hydrogens is 258 g/mol. The van der Waals surface area contributed by atoms with Crippen molar-refractivity contribution < 1.29 is 8.78 Å². The summed E-state index contributed by atoms with van der Waals surface area (Å²) in [6, 6.07) is 3.47. The molecule has 3 rings (SSSR count). The van der Waals surface area contributed by atoms with Crippen LogP contribution >= 0.6 is 0 Å². The van der Waals surface area contributed by atoms with Crippen LogP contribution in [0.5, 0.6) is 0 Å². The van der Waals surface area contributed by atoms with E-state index in [1.54, 1.807) is 6.92 Å². The topological polar surface area (TPSA) is 6.48 Å². The first-order valence-electron chi connectivity index (χ1n) is 7.56. The van der Waals surface area contributed by atoms with Crippen LogP contribution in [0.1, 0.15) is 31.7 Å². The molecule has 20 heavy (non-hydrogen) atoms. The number of aryl methyl sites for hydroxylation is 1. The van der Waals surface area contributed by atoms with Gasteiger partial charge in [0, 0.05) is 31.2 Å². The van der Waals surface area contributed by atoms with Gasteiger partial charge < -0.3 is 4.90 Å². The van der Waals surface area contributed by atoms with Crippen molar-refractivity contribution in [1.29, 1.82) is 0 Å². The molecule has 2 aliphatic heterocycles. The third-order valence-electron chi connectivity index (χ3n) is 4.80. The smallest absolute Gasteiger partial charge is 0.146 e. The third-order valence-corrected chi connectivity index (χ3v) is 4.80. The first-order chi connectivity index (χ1) is 9.60. The molecule has 1 aromatic carbocycles. The second-order valence-corrected chi connectivity index (χ2v) is 6.06. The summed E-state index contributed by atoms with van der Waals surface area (Å²) in [5.41, 5.74) is 0.810. The maximum Gasteiger partial charge on any atom is 0.146 e. The Hall–Kier alpha value is -1.16. The Bertz CT molecular complexity index is 503. The molecule has 0 saturated carbocycles. The van der Waals surface area contributed by atoms with Gasteiger partial charge in [-0.05, 0) is 44.4 Å². The predicted octanol–water partition coefficient (Wildman–Crippen LogP) is 3.34. The minimum absolute atomic E-state index is 0.279. The SMILES string of the molecule is CCC1CN2CCCC2CN1c1cc(F)c(C)cc1F. The molecule has 2 aliphatic rings. The predicted molar refractivity (Wildman–Crippen MR) is 77.1 cm³/mol. The van der Waals surface area contributed by atoms with E-state index < -0.39 is 0 Å². The van der Waals surface area contributed by atoms with Gasteiger partial charge in [0.1, 0.15) is 11.6 Å². The molecule has 2 nitrogen and oxygen atoms in total. The number of hydrogen-bond donors (Lipinski definition) is 0. The van der Waals surface area contributed by atoms with Crippen LogP contribution in [0.2, 0.25) is 0 Å². The molecule has 0 N–H and O–H groups in total. The van der Waals surface area contributed by atoms with E-state index in [0.717, 1.165) is 26.1 Å². The Balaban J connectivity index is 1.92. The van der Waals surface area contributed by atoms with Gasteiger partial charge in [0.05, 0.1) is 5.69 Å². The number of halogens is 2. The summed E-state index contributed by atoms with van der Waals surface area (Å²) in [5.74, 6) is -0.612. The van der Waals surface area contributed by atoms with Crippen molar-refractivity contribution in [1.82, 2.24) is 4.90 Å². The number of nitrogens with zero attached hydrogens (tertiary/aromatic N) is 2. The monoisotopic (exact) mass is 280 g/mol. The van der Waals surface area contributed by atoms with Crippen LogP contribution in [0.4, 0.5) is 14.5 Å². The van der Waals surface area contributed by atoms with Gasteiger partial charge in [-0.15, -0.1) is 0 Å². The minimum Gasteiger partial charge on any atom is -0.363 e. The fourth-order valence-corrected chi connectivity index (χ4v) is 3.59. The summed E-state index contributed by atoms with van der Waals surface area (Å²) in [5, 5.41) is 0. The minimum atomic E-state index is -0.315.